The van der Waals surface area contributed by atoms with Crippen molar-refractivity contribution in [2.24, 2.45) is 0 Å². The molecule has 0 aliphatic heterocycles. The molecule has 0 heterocycles. The predicted molar refractivity (Wildman–Crippen MR) is 81.2 cm³/mol. The Bertz CT molecular complexity index is 382. The Hall–Kier alpha value is -0.580. The Labute approximate surface area is 118 Å². The molecule has 0 aliphatic carbocycles. The van der Waals surface area contributed by atoms with Gasteiger partial charge < -0.3 is 15.3 Å². The predicted octanol–water partition coefficient (Wildman–Crippen LogP) is 2.94. The lowest BCUT2D eigenvalue weighted by Gasteiger charge is -2.23. The molecule has 2 atom stereocenters. The Morgan fingerprint density at radius 3 is 2.56 bits per heavy atom. The molecule has 18 heavy (non-hydrogen) atoms. The van der Waals surface area contributed by atoms with Gasteiger partial charge in [0.2, 0.25) is 0 Å². The van der Waals surface area contributed by atoms with Gasteiger partial charge in [-0.05, 0) is 38.1 Å². The van der Waals surface area contributed by atoms with Crippen molar-refractivity contribution < 1.29 is 5.11 Å². The van der Waals surface area contributed by atoms with Crippen LogP contribution in [-0.4, -0.2) is 31.3 Å². The van der Waals surface area contributed by atoms with Gasteiger partial charge in [0, 0.05) is 29.8 Å². The number of nitrogens with one attached hydrogen (secondary N) is 1. The van der Waals surface area contributed by atoms with Crippen molar-refractivity contribution in [2.45, 2.75) is 32.9 Å². The van der Waals surface area contributed by atoms with Crippen LogP contribution in [0.15, 0.2) is 22.7 Å². The smallest absolute Gasteiger partial charge is 0.0686 e. The van der Waals surface area contributed by atoms with E-state index in [0.717, 1.165) is 16.7 Å². The van der Waals surface area contributed by atoms with Crippen LogP contribution < -0.4 is 10.2 Å². The van der Waals surface area contributed by atoms with Gasteiger partial charge in [-0.2, -0.15) is 0 Å². The first kappa shape index (κ1) is 15.5. The van der Waals surface area contributed by atoms with Crippen LogP contribution in [0.2, 0.25) is 0 Å². The third-order valence-electron chi connectivity index (χ3n) is 2.94. The van der Waals surface area contributed by atoms with Crippen LogP contribution in [0.1, 0.15) is 32.4 Å². The summed E-state index contributed by atoms with van der Waals surface area (Å²) >= 11 is 3.62. The average Bonchev–Trinajstić information content (AvgIpc) is 2.28. The van der Waals surface area contributed by atoms with Gasteiger partial charge in [-0.15, -0.1) is 0 Å². The maximum Gasteiger partial charge on any atom is 0.0686 e. The lowest BCUT2D eigenvalue weighted by molar-refractivity contribution is 0.201. The summed E-state index contributed by atoms with van der Waals surface area (Å²) < 4.78 is 1.10. The van der Waals surface area contributed by atoms with E-state index in [1.54, 1.807) is 6.92 Å². The Kier molecular flexibility index (Phi) is 6.12. The molecule has 4 heteroatoms. The molecular formula is C14H23BrN2O. The highest BCUT2D eigenvalue weighted by Crippen LogP contribution is 2.28. The lowest BCUT2D eigenvalue weighted by Crippen LogP contribution is -2.27. The summed E-state index contributed by atoms with van der Waals surface area (Å²) in [6, 6.07) is 6.66. The van der Waals surface area contributed by atoms with Crippen molar-refractivity contribution in [2.75, 3.05) is 25.0 Å². The first-order valence-electron chi connectivity index (χ1n) is 6.37. The number of halogens is 1. The molecule has 0 bridgehead atoms. The van der Waals surface area contributed by atoms with Crippen LogP contribution in [0, 0.1) is 0 Å². The monoisotopic (exact) mass is 314 g/mol. The number of hydrogen-bond acceptors (Lipinski definition) is 3. The molecule has 0 aliphatic rings. The van der Waals surface area contributed by atoms with Crippen LogP contribution >= 0.6 is 15.9 Å². The van der Waals surface area contributed by atoms with E-state index in [1.807, 2.05) is 7.05 Å². The maximum absolute atomic E-state index is 9.40. The van der Waals surface area contributed by atoms with Gasteiger partial charge in [0.25, 0.3) is 0 Å². The van der Waals surface area contributed by atoms with Gasteiger partial charge in [0.15, 0.2) is 0 Å². The van der Waals surface area contributed by atoms with Crippen LogP contribution in [0.4, 0.5) is 5.69 Å². The molecule has 0 aromatic heterocycles. The third kappa shape index (κ3) is 4.26. The number of aliphatic hydroxyl groups excluding tert-OH is 1. The Balaban J connectivity index is 2.85. The van der Waals surface area contributed by atoms with E-state index in [-0.39, 0.29) is 6.10 Å². The minimum Gasteiger partial charge on any atom is -0.392 e. The van der Waals surface area contributed by atoms with Crippen molar-refractivity contribution in [3.63, 3.8) is 0 Å². The van der Waals surface area contributed by atoms with E-state index in [4.69, 9.17) is 0 Å². The molecule has 1 aromatic rings. The van der Waals surface area contributed by atoms with Gasteiger partial charge >= 0.3 is 0 Å². The van der Waals surface area contributed by atoms with E-state index in [0.29, 0.717) is 12.6 Å². The van der Waals surface area contributed by atoms with E-state index in [1.165, 1.54) is 5.56 Å². The van der Waals surface area contributed by atoms with Gasteiger partial charge in [0.1, 0.15) is 0 Å². The minimum atomic E-state index is -0.325. The summed E-state index contributed by atoms with van der Waals surface area (Å²) in [6.45, 7) is 7.65. The molecule has 0 radical (unpaired) electrons. The quantitative estimate of drug-likeness (QED) is 0.847. The molecule has 0 saturated carbocycles. The molecule has 0 fully saturated rings. The average molecular weight is 315 g/mol. The highest BCUT2D eigenvalue weighted by molar-refractivity contribution is 9.10. The number of anilines is 1. The minimum absolute atomic E-state index is 0.325. The van der Waals surface area contributed by atoms with E-state index in [2.05, 4.69) is 58.2 Å². The van der Waals surface area contributed by atoms with E-state index in [9.17, 15) is 5.11 Å². The van der Waals surface area contributed by atoms with Crippen molar-refractivity contribution in [1.82, 2.24) is 5.32 Å². The fraction of sp³-hybridized carbons (Fsp3) is 0.571. The first-order valence-corrected chi connectivity index (χ1v) is 7.17. The number of nitrogens with zero attached hydrogens (tertiary/aromatic N) is 1. The maximum atomic E-state index is 9.40. The van der Waals surface area contributed by atoms with Crippen molar-refractivity contribution in [1.29, 1.82) is 0 Å². The largest absolute Gasteiger partial charge is 0.392 e. The highest BCUT2D eigenvalue weighted by atomic mass is 79.9. The zero-order valence-electron chi connectivity index (χ0n) is 11.6. The third-order valence-corrected chi connectivity index (χ3v) is 3.63. The molecule has 1 rings (SSSR count). The van der Waals surface area contributed by atoms with Crippen molar-refractivity contribution >= 4 is 21.6 Å². The van der Waals surface area contributed by atoms with E-state index < -0.39 is 0 Å². The molecule has 102 valence electrons. The van der Waals surface area contributed by atoms with Gasteiger partial charge in [-0.3, -0.25) is 0 Å². The summed E-state index contributed by atoms with van der Waals surface area (Å²) in [5.41, 5.74) is 2.36. The second-order valence-electron chi connectivity index (χ2n) is 4.71. The summed E-state index contributed by atoms with van der Waals surface area (Å²) in [5, 5.41) is 12.8. The number of rotatable bonds is 6. The number of likely N-dealkylation sites (N-methyl/N-ethyl adjacent to an activating group) is 1. The summed E-state index contributed by atoms with van der Waals surface area (Å²) in [6.07, 6.45) is -0.325. The molecular weight excluding hydrogens is 292 g/mol. The first-order chi connectivity index (χ1) is 8.45. The fourth-order valence-electron chi connectivity index (χ4n) is 2.02. The lowest BCUT2D eigenvalue weighted by atomic mass is 10.1. The number of hydrogen-bond donors (Lipinski definition) is 2. The zero-order valence-corrected chi connectivity index (χ0v) is 13.2. The zero-order chi connectivity index (χ0) is 13.7. The Morgan fingerprint density at radius 2 is 2.06 bits per heavy atom. The Morgan fingerprint density at radius 1 is 1.39 bits per heavy atom. The summed E-state index contributed by atoms with van der Waals surface area (Å²) in [7, 11) is 1.99. The van der Waals surface area contributed by atoms with E-state index >= 15 is 0 Å². The molecule has 0 amide bonds. The van der Waals surface area contributed by atoms with Crippen molar-refractivity contribution in [3.05, 3.63) is 28.2 Å². The van der Waals surface area contributed by atoms with Crippen LogP contribution in [0.3, 0.4) is 0 Å². The molecule has 1 aromatic carbocycles. The van der Waals surface area contributed by atoms with Gasteiger partial charge in [-0.1, -0.05) is 28.9 Å². The molecule has 3 nitrogen and oxygen atoms in total. The van der Waals surface area contributed by atoms with Crippen LogP contribution in [-0.2, 0) is 0 Å². The van der Waals surface area contributed by atoms with Crippen LogP contribution in [0.5, 0.6) is 0 Å². The second kappa shape index (κ2) is 7.12. The van der Waals surface area contributed by atoms with Gasteiger partial charge in [-0.25, -0.2) is 0 Å². The topological polar surface area (TPSA) is 35.5 Å². The number of benzene rings is 1. The van der Waals surface area contributed by atoms with Crippen LogP contribution in [0.25, 0.3) is 0 Å². The second-order valence-corrected chi connectivity index (χ2v) is 5.57. The molecule has 0 saturated heterocycles. The molecule has 2 unspecified atom stereocenters. The molecule has 2 N–H and O–H groups in total. The number of aliphatic hydroxyl groups is 1. The standard InChI is InChI=1S/C14H23BrN2O/c1-5-16-11(3)13-7-6-12(8-14(13)15)17(4)9-10(2)18/h6-8,10-11,16,18H,5,9H2,1-4H3. The van der Waals surface area contributed by atoms with Gasteiger partial charge in [0.05, 0.1) is 6.10 Å². The summed E-state index contributed by atoms with van der Waals surface area (Å²) in [4.78, 5) is 2.05. The highest BCUT2D eigenvalue weighted by Gasteiger charge is 2.11. The normalized spacial score (nSPS) is 14.3. The molecule has 0 spiro atoms. The summed E-state index contributed by atoms with van der Waals surface area (Å²) in [5.74, 6) is 0. The van der Waals surface area contributed by atoms with Crippen molar-refractivity contribution in [3.8, 4) is 0 Å². The fourth-order valence-corrected chi connectivity index (χ4v) is 2.73. The SMILES string of the molecule is CCNC(C)c1ccc(N(C)CC(C)O)cc1Br.